The van der Waals surface area contributed by atoms with Crippen LogP contribution in [-0.2, 0) is 56.4 Å². The number of carbonyl (C=O) groups is 9. The van der Waals surface area contributed by atoms with E-state index in [1.807, 2.05) is 123 Å². The maximum atomic E-state index is 12.8. The van der Waals surface area contributed by atoms with Gasteiger partial charge in [-0.3, -0.25) is 28.8 Å². The molecule has 552 valence electrons. The van der Waals surface area contributed by atoms with Crippen LogP contribution in [0.2, 0.25) is 0 Å². The van der Waals surface area contributed by atoms with Crippen LogP contribution in [0.15, 0.2) is 146 Å². The number of rotatable bonds is 31. The zero-order chi connectivity index (χ0) is 74.8. The molecule has 0 fully saturated rings. The minimum atomic E-state index is -0.530. The number of nitrogen functional groups attached to an aromatic ring is 2. The van der Waals surface area contributed by atoms with Gasteiger partial charge in [0.05, 0.1) is 0 Å². The van der Waals surface area contributed by atoms with E-state index in [4.69, 9.17) is 31.4 Å². The van der Waals surface area contributed by atoms with E-state index in [1.54, 1.807) is 107 Å². The zero-order valence-electron chi connectivity index (χ0n) is 60.9. The summed E-state index contributed by atoms with van der Waals surface area (Å²) < 4.78 is 15.5. The second kappa shape index (κ2) is 50.9. The van der Waals surface area contributed by atoms with Crippen LogP contribution in [0.3, 0.4) is 0 Å². The van der Waals surface area contributed by atoms with Gasteiger partial charge in [0, 0.05) is 167 Å². The Hall–Kier alpha value is -7.39. The van der Waals surface area contributed by atoms with Crippen LogP contribution in [0.25, 0.3) is 0 Å². The summed E-state index contributed by atoms with van der Waals surface area (Å²) in [5.74, 6) is -1.02. The van der Waals surface area contributed by atoms with Gasteiger partial charge in [-0.15, -0.1) is 0 Å². The SMILES string of the molecule is CC(C)(C)OC(=O)CCCCCNC(=O)Nc1ccc(CNC(=O)c2ccc(C(=O)NCc3ccc(CC(=O)CCCCCNC(=O)OC(C)(C)C)cc3)cc2)cc1.CC(C)(C)OC(=O)NCCCCN.Nc1ccc(CNC(=O)c2ccc(C(=O)NCc3ccc(N)cc3)cc2)cc1.[B]I.[U].[U]. The van der Waals surface area contributed by atoms with Gasteiger partial charge in [0.1, 0.15) is 22.6 Å². The van der Waals surface area contributed by atoms with Gasteiger partial charge in [-0.1, -0.05) is 73.5 Å². The fraction of sp³-hybridized carbons (Fsp3) is 0.408. The van der Waals surface area contributed by atoms with Gasteiger partial charge in [-0.2, -0.15) is 22.4 Å². The van der Waals surface area contributed by atoms with E-state index in [-0.39, 0.29) is 116 Å². The molecule has 0 bridgehead atoms. The molecule has 0 unspecified atom stereocenters. The fourth-order valence-electron chi connectivity index (χ4n) is 8.99. The number of ether oxygens (including phenoxy) is 3. The molecule has 0 spiro atoms. The van der Waals surface area contributed by atoms with Crippen LogP contribution in [0.5, 0.6) is 0 Å². The predicted molar refractivity (Wildman–Crippen MR) is 407 cm³/mol. The van der Waals surface area contributed by atoms with Crippen molar-refractivity contribution in [1.82, 2.24) is 37.2 Å². The summed E-state index contributed by atoms with van der Waals surface area (Å²) in [4.78, 5) is 109. The zero-order valence-corrected chi connectivity index (χ0v) is 71.4. The van der Waals surface area contributed by atoms with Crippen molar-refractivity contribution >= 4 is 98.7 Å². The first-order valence-electron chi connectivity index (χ1n) is 33.7. The normalized spacial score (nSPS) is 10.6. The molecule has 0 saturated heterocycles. The summed E-state index contributed by atoms with van der Waals surface area (Å²) in [5.41, 5.74) is 28.0. The number of esters is 1. The summed E-state index contributed by atoms with van der Waals surface area (Å²) in [6, 6.07) is 42.0. The smallest absolute Gasteiger partial charge is 0.407 e. The summed E-state index contributed by atoms with van der Waals surface area (Å²) in [5, 5.41) is 22.4. The van der Waals surface area contributed by atoms with E-state index in [9.17, 15) is 43.2 Å². The third-order valence-corrected chi connectivity index (χ3v) is 14.1. The minimum Gasteiger partial charge on any atom is -0.460 e. The first-order chi connectivity index (χ1) is 47.9. The number of hydrogen-bond acceptors (Lipinski definition) is 15. The van der Waals surface area contributed by atoms with Gasteiger partial charge in [-0.25, -0.2) is 14.4 Å². The van der Waals surface area contributed by atoms with E-state index in [0.717, 1.165) is 72.8 Å². The van der Waals surface area contributed by atoms with Gasteiger partial charge in [0.2, 0.25) is 0 Å². The molecular formula is C76H103BIN11O12U2. The monoisotopic (exact) mass is 1980 g/mol. The number of Topliss-reactive ketones (excluding diaryl/α,β-unsaturated/α-hetero) is 1. The van der Waals surface area contributed by atoms with Crippen molar-refractivity contribution in [2.45, 2.75) is 176 Å². The molecule has 0 atom stereocenters. The average Bonchev–Trinajstić information content (AvgIpc) is 0.867. The molecule has 0 aliphatic carbocycles. The molecule has 14 N–H and O–H groups in total. The second-order valence-corrected chi connectivity index (χ2v) is 26.5. The van der Waals surface area contributed by atoms with Gasteiger partial charge < -0.3 is 73.9 Å². The van der Waals surface area contributed by atoms with Crippen LogP contribution < -0.4 is 59.7 Å². The molecule has 0 aliphatic rings. The largest absolute Gasteiger partial charge is 0.460 e. The summed E-state index contributed by atoms with van der Waals surface area (Å²) in [6.45, 7) is 20.2. The number of amides is 8. The molecule has 0 saturated carbocycles. The van der Waals surface area contributed by atoms with Crippen molar-refractivity contribution in [3.63, 3.8) is 0 Å². The Kier molecular flexibility index (Phi) is 46.3. The number of nitrogens with one attached hydrogen (secondary N) is 8. The molecule has 8 amide bonds. The maximum Gasteiger partial charge on any atom is 0.407 e. The van der Waals surface area contributed by atoms with Gasteiger partial charge in [0.15, 0.2) is 5.70 Å². The molecule has 2 radical (unpaired) electrons. The van der Waals surface area contributed by atoms with Crippen molar-refractivity contribution < 1.29 is 120 Å². The first-order valence-corrected chi connectivity index (χ1v) is 35.0. The van der Waals surface area contributed by atoms with Crippen molar-refractivity contribution in [3.05, 3.63) is 196 Å². The van der Waals surface area contributed by atoms with Crippen molar-refractivity contribution in [3.8, 4) is 0 Å². The van der Waals surface area contributed by atoms with Crippen LogP contribution in [0.4, 0.5) is 31.4 Å². The minimum absolute atomic E-state index is 0. The number of nitrogens with two attached hydrogens (primary N) is 3. The molecule has 23 nitrogen and oxygen atoms in total. The first kappa shape index (κ1) is 93.6. The molecule has 0 heterocycles. The second-order valence-electron chi connectivity index (χ2n) is 26.5. The molecule has 103 heavy (non-hydrogen) atoms. The summed E-state index contributed by atoms with van der Waals surface area (Å²) in [6.07, 6.45) is 6.82. The van der Waals surface area contributed by atoms with Crippen molar-refractivity contribution in [1.29, 1.82) is 0 Å². The van der Waals surface area contributed by atoms with Crippen molar-refractivity contribution in [2.75, 3.05) is 43.0 Å². The van der Waals surface area contributed by atoms with E-state index in [2.05, 4.69) is 48.2 Å². The predicted octanol–water partition coefficient (Wildman–Crippen LogP) is 12.2. The summed E-state index contributed by atoms with van der Waals surface area (Å²) in [7, 11) is 0. The molecule has 0 aliphatic heterocycles. The number of carbonyl (C=O) groups excluding carboxylic acids is 9. The van der Waals surface area contributed by atoms with Crippen molar-refractivity contribution in [2.24, 2.45) is 5.73 Å². The molecule has 27 heteroatoms. The summed E-state index contributed by atoms with van der Waals surface area (Å²) >= 11 is 1.65. The number of benzene rings is 6. The fourth-order valence-corrected chi connectivity index (χ4v) is 8.99. The third-order valence-electron chi connectivity index (χ3n) is 14.1. The molecule has 6 aromatic rings. The topological polar surface area (TPSA) is 356 Å². The molecular weight excluding hydrogens is 1870 g/mol. The van der Waals surface area contributed by atoms with Crippen LogP contribution in [0.1, 0.15) is 196 Å². The van der Waals surface area contributed by atoms with Crippen LogP contribution >= 0.6 is 22.4 Å². The number of unbranched alkanes of at least 4 members (excludes halogenated alkanes) is 5. The number of hydrogen-bond donors (Lipinski definition) is 11. The quantitative estimate of drug-likeness (QED) is 0.00481. The Labute approximate surface area is 669 Å². The number of anilines is 3. The number of urea groups is 1. The number of ketones is 1. The third kappa shape index (κ3) is 44.1. The van der Waals surface area contributed by atoms with Crippen LogP contribution in [0, 0.1) is 62.2 Å². The Bertz CT molecular complexity index is 3310. The van der Waals surface area contributed by atoms with E-state index in [1.165, 1.54) is 0 Å². The van der Waals surface area contributed by atoms with E-state index < -0.39 is 22.9 Å². The van der Waals surface area contributed by atoms with E-state index in [0.29, 0.717) is 111 Å². The number of halogens is 1. The van der Waals surface area contributed by atoms with Gasteiger partial charge >= 0.3 is 24.2 Å². The van der Waals surface area contributed by atoms with Crippen LogP contribution in [-0.4, -0.2) is 102 Å². The Morgan fingerprint density at radius 1 is 0.369 bits per heavy atom. The molecule has 6 aromatic carbocycles. The Morgan fingerprint density at radius 3 is 1.01 bits per heavy atom. The van der Waals surface area contributed by atoms with Gasteiger partial charge in [0.25, 0.3) is 23.6 Å². The maximum absolute atomic E-state index is 12.8. The number of alkyl carbamates (subject to hydrolysis) is 2. The molecule has 0 aromatic heterocycles. The molecule has 6 rings (SSSR count). The Balaban J connectivity index is 0.000000966. The van der Waals surface area contributed by atoms with E-state index >= 15 is 0 Å². The standard InChI is InChI=1S/C45H61N5O8.C22H22N4O2.C9H20N2O2.BI.2U/c1-44(2,3)57-39(52)14-10-8-11-27-46-42(55)50-37-25-19-34(20-26-37)31-49-41(54)36-23-21-35(22-24-36)40(53)48-30-33-17-15-32(16-18-33)29-38(51)13-9-7-12-28-47-43(56)58-45(4,5)6;23-19-9-1-15(2-10-19)13-25-21(27)17-5-7-18(8-6-17)22(28)26-14-16-3-11-20(24)12-4-16;1-9(2,3)13-8(12)11-7-5-4-6-10;1-2;;/h15-26H,7-14,27-31H2,1-6H3,(H,47,56)(H,48,53)(H,49,54)(H2,46,50,55);1-12H,13-14,23-24H2,(H,25,27)(H,26,28);4-7,10H2,1-3H3,(H,11,12);;;. The average molecular weight is 1980 g/mol. The van der Waals surface area contributed by atoms with Gasteiger partial charge in [-0.05, 0) is 220 Å². The Morgan fingerprint density at radius 2 is 0.670 bits per heavy atom.